The Morgan fingerprint density at radius 1 is 1.25 bits per heavy atom. The SMILES string of the molecule is CCCCOc1cc(C(=O)OC)n(CC(=O)c2ccccc2Cl)c1. The van der Waals surface area contributed by atoms with Crippen LogP contribution in [0.4, 0.5) is 0 Å². The van der Waals surface area contributed by atoms with E-state index in [1.807, 2.05) is 0 Å². The molecule has 0 amide bonds. The molecule has 5 nitrogen and oxygen atoms in total. The van der Waals surface area contributed by atoms with Crippen LogP contribution in [0.1, 0.15) is 40.6 Å². The quantitative estimate of drug-likeness (QED) is 0.411. The molecular formula is C18H20ClNO4. The number of rotatable bonds is 8. The lowest BCUT2D eigenvalue weighted by Gasteiger charge is -2.08. The standard InChI is InChI=1S/C18H20ClNO4/c1-3-4-9-24-13-10-16(18(22)23-2)20(11-13)12-17(21)14-7-5-6-8-15(14)19/h5-8,10-11H,3-4,9,12H2,1-2H3. The summed E-state index contributed by atoms with van der Waals surface area (Å²) < 4.78 is 11.9. The smallest absolute Gasteiger partial charge is 0.354 e. The number of methoxy groups -OCH3 is 1. The number of hydrogen-bond donors (Lipinski definition) is 0. The highest BCUT2D eigenvalue weighted by Crippen LogP contribution is 2.21. The van der Waals surface area contributed by atoms with Crippen LogP contribution >= 0.6 is 11.6 Å². The largest absolute Gasteiger partial charge is 0.492 e. The van der Waals surface area contributed by atoms with Crippen LogP contribution in [0.25, 0.3) is 0 Å². The van der Waals surface area contributed by atoms with Crippen LogP contribution in [0, 0.1) is 0 Å². The van der Waals surface area contributed by atoms with E-state index in [0.29, 0.717) is 22.9 Å². The zero-order chi connectivity index (χ0) is 17.5. The Kier molecular flexibility index (Phi) is 6.44. The molecule has 24 heavy (non-hydrogen) atoms. The molecule has 0 aliphatic heterocycles. The van der Waals surface area contributed by atoms with Gasteiger partial charge in [0.25, 0.3) is 0 Å². The monoisotopic (exact) mass is 349 g/mol. The van der Waals surface area contributed by atoms with Crippen molar-refractivity contribution in [1.82, 2.24) is 4.57 Å². The number of unbranched alkanes of at least 4 members (excludes halogenated alkanes) is 1. The maximum Gasteiger partial charge on any atom is 0.354 e. The van der Waals surface area contributed by atoms with Crippen LogP contribution < -0.4 is 4.74 Å². The number of nitrogens with zero attached hydrogens (tertiary/aromatic N) is 1. The van der Waals surface area contributed by atoms with Gasteiger partial charge >= 0.3 is 5.97 Å². The second-order valence-corrected chi connectivity index (χ2v) is 5.69. The molecule has 0 radical (unpaired) electrons. The van der Waals surface area contributed by atoms with Gasteiger partial charge in [-0.25, -0.2) is 4.79 Å². The molecule has 128 valence electrons. The van der Waals surface area contributed by atoms with E-state index in [0.717, 1.165) is 12.8 Å². The number of carbonyl (C=O) groups is 2. The fourth-order valence-electron chi connectivity index (χ4n) is 2.23. The second-order valence-electron chi connectivity index (χ2n) is 5.29. The number of carbonyl (C=O) groups excluding carboxylic acids is 2. The van der Waals surface area contributed by atoms with Gasteiger partial charge in [0, 0.05) is 17.8 Å². The topological polar surface area (TPSA) is 57.5 Å². The zero-order valence-corrected chi connectivity index (χ0v) is 14.5. The van der Waals surface area contributed by atoms with Gasteiger partial charge in [-0.05, 0) is 18.6 Å². The lowest BCUT2D eigenvalue weighted by Crippen LogP contribution is -2.16. The Bertz CT molecular complexity index is 724. The highest BCUT2D eigenvalue weighted by molar-refractivity contribution is 6.33. The van der Waals surface area contributed by atoms with Crippen LogP contribution in [0.5, 0.6) is 5.75 Å². The maximum absolute atomic E-state index is 12.5. The summed E-state index contributed by atoms with van der Waals surface area (Å²) >= 11 is 6.06. The highest BCUT2D eigenvalue weighted by Gasteiger charge is 2.18. The molecule has 6 heteroatoms. The lowest BCUT2D eigenvalue weighted by molar-refractivity contribution is 0.0588. The van der Waals surface area contributed by atoms with Gasteiger partial charge in [0.15, 0.2) is 5.78 Å². The van der Waals surface area contributed by atoms with Crippen molar-refractivity contribution < 1.29 is 19.1 Å². The van der Waals surface area contributed by atoms with E-state index in [1.165, 1.54) is 11.7 Å². The molecule has 0 atom stereocenters. The third-order valence-electron chi connectivity index (χ3n) is 3.52. The number of halogens is 1. The van der Waals surface area contributed by atoms with E-state index < -0.39 is 5.97 Å². The molecule has 1 heterocycles. The number of esters is 1. The summed E-state index contributed by atoms with van der Waals surface area (Å²) in [6.07, 6.45) is 3.56. The van der Waals surface area contributed by atoms with Gasteiger partial charge in [0.05, 0.1) is 25.3 Å². The summed E-state index contributed by atoms with van der Waals surface area (Å²) in [5.74, 6) is -0.176. The molecule has 2 aromatic rings. The van der Waals surface area contributed by atoms with Gasteiger partial charge in [-0.1, -0.05) is 37.1 Å². The number of aromatic nitrogens is 1. The predicted molar refractivity (Wildman–Crippen MR) is 92.0 cm³/mol. The third-order valence-corrected chi connectivity index (χ3v) is 3.85. The van der Waals surface area contributed by atoms with Crippen molar-refractivity contribution in [1.29, 1.82) is 0 Å². The van der Waals surface area contributed by atoms with Gasteiger partial charge < -0.3 is 14.0 Å². The highest BCUT2D eigenvalue weighted by atomic mass is 35.5. The van der Waals surface area contributed by atoms with Gasteiger partial charge in [-0.15, -0.1) is 0 Å². The fourth-order valence-corrected chi connectivity index (χ4v) is 2.47. The Morgan fingerprint density at radius 3 is 2.67 bits per heavy atom. The van der Waals surface area contributed by atoms with Gasteiger partial charge in [0.1, 0.15) is 11.4 Å². The van der Waals surface area contributed by atoms with Crippen LogP contribution in [-0.2, 0) is 11.3 Å². The third kappa shape index (κ3) is 4.38. The minimum Gasteiger partial charge on any atom is -0.492 e. The van der Waals surface area contributed by atoms with E-state index >= 15 is 0 Å². The number of ether oxygens (including phenoxy) is 2. The Morgan fingerprint density at radius 2 is 2.00 bits per heavy atom. The molecule has 0 saturated carbocycles. The van der Waals surface area contributed by atoms with Crippen molar-refractivity contribution in [2.45, 2.75) is 26.3 Å². The summed E-state index contributed by atoms with van der Waals surface area (Å²) in [6, 6.07) is 8.40. The van der Waals surface area contributed by atoms with Crippen molar-refractivity contribution in [3.63, 3.8) is 0 Å². The van der Waals surface area contributed by atoms with E-state index in [1.54, 1.807) is 36.5 Å². The van der Waals surface area contributed by atoms with Crippen LogP contribution in [0.2, 0.25) is 5.02 Å². The molecule has 2 rings (SSSR count). The Labute approximate surface area is 146 Å². The van der Waals surface area contributed by atoms with Crippen molar-refractivity contribution in [3.8, 4) is 5.75 Å². The van der Waals surface area contributed by atoms with Gasteiger partial charge in [-0.3, -0.25) is 4.79 Å². The molecule has 0 aliphatic rings. The first-order valence-corrected chi connectivity index (χ1v) is 8.13. The first-order valence-electron chi connectivity index (χ1n) is 7.75. The normalized spacial score (nSPS) is 10.5. The number of ketones is 1. The summed E-state index contributed by atoms with van der Waals surface area (Å²) in [6.45, 7) is 2.60. The minimum atomic E-state index is -0.521. The molecule has 0 spiro atoms. The second kappa shape index (κ2) is 8.55. The van der Waals surface area contributed by atoms with E-state index in [4.69, 9.17) is 21.1 Å². The molecule has 1 aromatic carbocycles. The van der Waals surface area contributed by atoms with Gasteiger partial charge in [-0.2, -0.15) is 0 Å². The Hall–Kier alpha value is -2.27. The summed E-state index contributed by atoms with van der Waals surface area (Å²) in [7, 11) is 1.30. The number of Topliss-reactive ketones (excluding diaryl/α,β-unsaturated/α-hetero) is 1. The molecule has 1 aromatic heterocycles. The Balaban J connectivity index is 2.22. The molecular weight excluding hydrogens is 330 g/mol. The minimum absolute atomic E-state index is 0.0225. The summed E-state index contributed by atoms with van der Waals surface area (Å²) in [5.41, 5.74) is 0.682. The van der Waals surface area contributed by atoms with E-state index in [9.17, 15) is 9.59 Å². The summed E-state index contributed by atoms with van der Waals surface area (Å²) in [4.78, 5) is 24.4. The molecule has 0 N–H and O–H groups in total. The predicted octanol–water partition coefficient (Wildman–Crippen LogP) is 3.99. The average Bonchev–Trinajstić information content (AvgIpc) is 2.97. The van der Waals surface area contributed by atoms with Crippen molar-refractivity contribution in [2.75, 3.05) is 13.7 Å². The van der Waals surface area contributed by atoms with Crippen molar-refractivity contribution >= 4 is 23.4 Å². The molecule has 0 fully saturated rings. The average molecular weight is 350 g/mol. The van der Waals surface area contributed by atoms with Gasteiger partial charge in [0.2, 0.25) is 0 Å². The summed E-state index contributed by atoms with van der Waals surface area (Å²) in [5, 5.41) is 0.383. The number of benzene rings is 1. The maximum atomic E-state index is 12.5. The number of hydrogen-bond acceptors (Lipinski definition) is 4. The molecule has 0 unspecified atom stereocenters. The fraction of sp³-hybridized carbons (Fsp3) is 0.333. The van der Waals surface area contributed by atoms with Crippen molar-refractivity contribution in [2.24, 2.45) is 0 Å². The van der Waals surface area contributed by atoms with E-state index in [2.05, 4.69) is 6.92 Å². The van der Waals surface area contributed by atoms with Crippen LogP contribution in [0.15, 0.2) is 36.5 Å². The van der Waals surface area contributed by atoms with Crippen LogP contribution in [0.3, 0.4) is 0 Å². The first kappa shape index (κ1) is 18.1. The molecule has 0 aliphatic carbocycles. The zero-order valence-electron chi connectivity index (χ0n) is 13.8. The van der Waals surface area contributed by atoms with E-state index in [-0.39, 0.29) is 18.0 Å². The lowest BCUT2D eigenvalue weighted by atomic mass is 10.1. The van der Waals surface area contributed by atoms with Crippen molar-refractivity contribution in [3.05, 3.63) is 52.8 Å². The molecule has 0 saturated heterocycles. The molecule has 0 bridgehead atoms. The van der Waals surface area contributed by atoms with Crippen LogP contribution in [-0.4, -0.2) is 30.0 Å². The first-order chi connectivity index (χ1) is 11.6.